The van der Waals surface area contributed by atoms with Gasteiger partial charge in [0.15, 0.2) is 0 Å². The number of nitrogens with one attached hydrogen (secondary N) is 2. The van der Waals surface area contributed by atoms with Crippen molar-refractivity contribution in [2.45, 2.75) is 83.0 Å². The number of hydrogen-bond donors (Lipinski definition) is 2. The molecular formula is C34H44N6O3. The number of carbonyl (C=O) groups is 2. The van der Waals surface area contributed by atoms with Crippen molar-refractivity contribution in [2.75, 3.05) is 32.7 Å². The first-order valence-corrected chi connectivity index (χ1v) is 15.3. The van der Waals surface area contributed by atoms with Gasteiger partial charge in [0, 0.05) is 39.1 Å². The van der Waals surface area contributed by atoms with Gasteiger partial charge in [0.2, 0.25) is 5.91 Å². The normalized spacial score (nSPS) is 18.1. The molecule has 0 aromatic heterocycles. The summed E-state index contributed by atoms with van der Waals surface area (Å²) in [4.78, 5) is 30.7. The highest BCUT2D eigenvalue weighted by Crippen LogP contribution is 2.29. The largest absolute Gasteiger partial charge is 0.444 e. The highest BCUT2D eigenvalue weighted by molar-refractivity contribution is 5.90. The average molecular weight is 585 g/mol. The maximum Gasteiger partial charge on any atom is 0.408 e. The van der Waals surface area contributed by atoms with Crippen LogP contribution in [0.2, 0.25) is 0 Å². The van der Waals surface area contributed by atoms with Gasteiger partial charge in [0.25, 0.3) is 0 Å². The third-order valence-corrected chi connectivity index (χ3v) is 8.19. The van der Waals surface area contributed by atoms with Crippen LogP contribution in [0.1, 0.15) is 64.0 Å². The van der Waals surface area contributed by atoms with Gasteiger partial charge in [-0.05, 0) is 55.9 Å². The molecule has 1 aliphatic heterocycles. The van der Waals surface area contributed by atoms with Gasteiger partial charge in [-0.3, -0.25) is 14.6 Å². The zero-order valence-corrected chi connectivity index (χ0v) is 25.7. The van der Waals surface area contributed by atoms with E-state index >= 15 is 0 Å². The number of piperazine rings is 1. The third-order valence-electron chi connectivity index (χ3n) is 8.19. The Balaban J connectivity index is 1.33. The molecule has 228 valence electrons. The second-order valence-electron chi connectivity index (χ2n) is 12.7. The SMILES string of the molecule is CC(C)(C)OC(=O)NC1(C(=O)NC(C#N)Cc2ccc(-c3ccc(CN4CCN(CC#N)CC4)cc3)cc2)CCCCC1. The molecule has 9 heteroatoms. The molecule has 2 aromatic carbocycles. The summed E-state index contributed by atoms with van der Waals surface area (Å²) >= 11 is 0. The molecule has 0 radical (unpaired) electrons. The zero-order chi connectivity index (χ0) is 30.9. The van der Waals surface area contributed by atoms with Crippen molar-refractivity contribution in [1.82, 2.24) is 20.4 Å². The van der Waals surface area contributed by atoms with E-state index in [9.17, 15) is 14.9 Å². The van der Waals surface area contributed by atoms with Crippen LogP contribution in [0.25, 0.3) is 11.1 Å². The first-order valence-electron chi connectivity index (χ1n) is 15.3. The fraction of sp³-hybridized carbons (Fsp3) is 0.529. The summed E-state index contributed by atoms with van der Waals surface area (Å²) < 4.78 is 5.43. The summed E-state index contributed by atoms with van der Waals surface area (Å²) in [7, 11) is 0. The van der Waals surface area contributed by atoms with E-state index in [1.54, 1.807) is 20.8 Å². The molecule has 0 spiro atoms. The Morgan fingerprint density at radius 2 is 1.44 bits per heavy atom. The summed E-state index contributed by atoms with van der Waals surface area (Å²) in [6, 6.07) is 20.4. The molecule has 2 amide bonds. The molecule has 1 aliphatic carbocycles. The van der Waals surface area contributed by atoms with Crippen molar-refractivity contribution in [2.24, 2.45) is 0 Å². The first-order chi connectivity index (χ1) is 20.6. The average Bonchev–Trinajstić information content (AvgIpc) is 2.98. The molecule has 1 saturated carbocycles. The lowest BCUT2D eigenvalue weighted by Gasteiger charge is -2.37. The Morgan fingerprint density at radius 1 is 0.884 bits per heavy atom. The van der Waals surface area contributed by atoms with Crippen LogP contribution < -0.4 is 10.6 Å². The second kappa shape index (κ2) is 14.5. The highest BCUT2D eigenvalue weighted by Gasteiger charge is 2.42. The molecule has 2 fully saturated rings. The number of carbonyl (C=O) groups excluding carboxylic acids is 2. The van der Waals surface area contributed by atoms with Crippen molar-refractivity contribution in [3.63, 3.8) is 0 Å². The van der Waals surface area contributed by atoms with Crippen molar-refractivity contribution in [3.05, 3.63) is 59.7 Å². The lowest BCUT2D eigenvalue weighted by atomic mass is 9.80. The predicted molar refractivity (Wildman–Crippen MR) is 166 cm³/mol. The molecule has 2 aliphatic rings. The van der Waals surface area contributed by atoms with E-state index in [4.69, 9.17) is 10.00 Å². The third kappa shape index (κ3) is 9.28. The molecule has 9 nitrogen and oxygen atoms in total. The predicted octanol–water partition coefficient (Wildman–Crippen LogP) is 4.77. The van der Waals surface area contributed by atoms with Gasteiger partial charge >= 0.3 is 6.09 Å². The van der Waals surface area contributed by atoms with E-state index < -0.39 is 23.3 Å². The van der Waals surface area contributed by atoms with Crippen LogP contribution in [0.15, 0.2) is 48.5 Å². The monoisotopic (exact) mass is 584 g/mol. The number of nitrogens with zero attached hydrogens (tertiary/aromatic N) is 4. The van der Waals surface area contributed by atoms with E-state index in [1.807, 2.05) is 24.3 Å². The molecule has 1 saturated heterocycles. The Labute approximate surface area is 255 Å². The zero-order valence-electron chi connectivity index (χ0n) is 25.7. The minimum absolute atomic E-state index is 0.328. The fourth-order valence-electron chi connectivity index (χ4n) is 5.82. The molecule has 2 N–H and O–H groups in total. The highest BCUT2D eigenvalue weighted by atomic mass is 16.6. The fourth-order valence-corrected chi connectivity index (χ4v) is 5.82. The summed E-state index contributed by atoms with van der Waals surface area (Å²) in [5, 5.41) is 24.5. The quantitative estimate of drug-likeness (QED) is 0.407. The number of hydrogen-bond acceptors (Lipinski definition) is 7. The van der Waals surface area contributed by atoms with Crippen LogP contribution in [-0.4, -0.2) is 71.7 Å². The van der Waals surface area contributed by atoms with Crippen LogP contribution in [-0.2, 0) is 22.5 Å². The van der Waals surface area contributed by atoms with Gasteiger partial charge in [-0.15, -0.1) is 0 Å². The topological polar surface area (TPSA) is 121 Å². The first kappa shape index (κ1) is 32.0. The smallest absolute Gasteiger partial charge is 0.408 e. The number of benzene rings is 2. The minimum atomic E-state index is -1.07. The van der Waals surface area contributed by atoms with E-state index in [0.717, 1.165) is 68.7 Å². The number of amides is 2. The van der Waals surface area contributed by atoms with Gasteiger partial charge in [-0.2, -0.15) is 10.5 Å². The minimum Gasteiger partial charge on any atom is -0.444 e. The van der Waals surface area contributed by atoms with Crippen LogP contribution in [0, 0.1) is 22.7 Å². The van der Waals surface area contributed by atoms with Gasteiger partial charge in [0.1, 0.15) is 17.2 Å². The number of nitriles is 2. The number of rotatable bonds is 9. The maximum absolute atomic E-state index is 13.5. The maximum atomic E-state index is 13.5. The van der Waals surface area contributed by atoms with Crippen molar-refractivity contribution in [3.8, 4) is 23.3 Å². The standard InChI is InChI=1S/C34H44N6O3/c1-33(2,3)43-32(42)38-34(15-5-4-6-16-34)31(41)37-30(24-36)23-26-7-11-28(12-8-26)29-13-9-27(10-14-29)25-40-21-19-39(18-17-35)20-22-40/h7-14,30H,4-6,15-16,18-23,25H2,1-3H3,(H,37,41)(H,38,42). The lowest BCUT2D eigenvalue weighted by Crippen LogP contribution is -2.61. The molecule has 0 bridgehead atoms. The Kier molecular flexibility index (Phi) is 10.8. The number of ether oxygens (including phenoxy) is 1. The van der Waals surface area contributed by atoms with Crippen LogP contribution in [0.5, 0.6) is 0 Å². The summed E-state index contributed by atoms with van der Waals surface area (Å²) in [5.41, 5.74) is 2.67. The second-order valence-corrected chi connectivity index (χ2v) is 12.7. The Morgan fingerprint density at radius 3 is 1.98 bits per heavy atom. The van der Waals surface area contributed by atoms with Gasteiger partial charge in [-0.25, -0.2) is 4.79 Å². The molecule has 2 aromatic rings. The Bertz CT molecular complexity index is 1310. The van der Waals surface area contributed by atoms with Crippen LogP contribution >= 0.6 is 0 Å². The molecule has 4 rings (SSSR count). The summed E-state index contributed by atoms with van der Waals surface area (Å²) in [6.45, 7) is 10.6. The van der Waals surface area contributed by atoms with Crippen LogP contribution in [0.3, 0.4) is 0 Å². The molecule has 43 heavy (non-hydrogen) atoms. The van der Waals surface area contributed by atoms with Gasteiger partial charge in [0.05, 0.1) is 18.7 Å². The van der Waals surface area contributed by atoms with Crippen molar-refractivity contribution >= 4 is 12.0 Å². The van der Waals surface area contributed by atoms with E-state index in [0.29, 0.717) is 25.8 Å². The molecule has 1 unspecified atom stereocenters. The summed E-state index contributed by atoms with van der Waals surface area (Å²) in [5.74, 6) is -0.328. The molecule has 1 atom stereocenters. The van der Waals surface area contributed by atoms with Crippen LogP contribution in [0.4, 0.5) is 4.79 Å². The van der Waals surface area contributed by atoms with E-state index in [2.05, 4.69) is 56.8 Å². The summed E-state index contributed by atoms with van der Waals surface area (Å²) in [6.07, 6.45) is 3.43. The van der Waals surface area contributed by atoms with Gasteiger partial charge in [-0.1, -0.05) is 67.8 Å². The molecular weight excluding hydrogens is 540 g/mol. The number of alkyl carbamates (subject to hydrolysis) is 1. The van der Waals surface area contributed by atoms with E-state index in [-0.39, 0.29) is 5.91 Å². The van der Waals surface area contributed by atoms with Crippen molar-refractivity contribution < 1.29 is 14.3 Å². The van der Waals surface area contributed by atoms with Crippen molar-refractivity contribution in [1.29, 1.82) is 10.5 Å². The lowest BCUT2D eigenvalue weighted by molar-refractivity contribution is -0.129. The van der Waals surface area contributed by atoms with Gasteiger partial charge < -0.3 is 15.4 Å². The van der Waals surface area contributed by atoms with E-state index in [1.165, 1.54) is 5.56 Å². The Hall–Kier alpha value is -3.92. The molecule has 1 heterocycles.